The SMILES string of the molecule is CSC1(Cn2ccc3c2CCCC3O)CCCCC1. The van der Waals surface area contributed by atoms with Gasteiger partial charge < -0.3 is 9.67 Å². The van der Waals surface area contributed by atoms with E-state index in [1.54, 1.807) is 0 Å². The van der Waals surface area contributed by atoms with Gasteiger partial charge in [0.2, 0.25) is 0 Å². The monoisotopic (exact) mass is 279 g/mol. The Morgan fingerprint density at radius 2 is 2.11 bits per heavy atom. The van der Waals surface area contributed by atoms with Crippen molar-refractivity contribution in [1.82, 2.24) is 4.57 Å². The summed E-state index contributed by atoms with van der Waals surface area (Å²) in [5.41, 5.74) is 2.59. The number of hydrogen-bond donors (Lipinski definition) is 1. The van der Waals surface area contributed by atoms with Crippen LogP contribution in [-0.4, -0.2) is 20.7 Å². The molecule has 1 unspecified atom stereocenters. The first kappa shape index (κ1) is 13.6. The Hall–Kier alpha value is -0.410. The molecule has 1 aromatic heterocycles. The number of aliphatic hydroxyl groups is 1. The van der Waals surface area contributed by atoms with Gasteiger partial charge in [-0.3, -0.25) is 0 Å². The molecular weight excluding hydrogens is 254 g/mol. The highest BCUT2D eigenvalue weighted by molar-refractivity contribution is 8.00. The fourth-order valence-corrected chi connectivity index (χ4v) is 4.78. The van der Waals surface area contributed by atoms with Crippen LogP contribution in [0.25, 0.3) is 0 Å². The van der Waals surface area contributed by atoms with E-state index in [2.05, 4.69) is 34.8 Å². The number of thioether (sulfide) groups is 1. The Kier molecular flexibility index (Phi) is 3.95. The van der Waals surface area contributed by atoms with Crippen molar-refractivity contribution in [1.29, 1.82) is 0 Å². The van der Waals surface area contributed by atoms with Crippen molar-refractivity contribution in [2.45, 2.75) is 68.8 Å². The van der Waals surface area contributed by atoms with E-state index in [0.29, 0.717) is 4.75 Å². The molecule has 1 fully saturated rings. The molecule has 1 N–H and O–H groups in total. The molecule has 0 radical (unpaired) electrons. The number of aromatic nitrogens is 1. The van der Waals surface area contributed by atoms with Crippen LogP contribution in [0.15, 0.2) is 12.3 Å². The van der Waals surface area contributed by atoms with E-state index in [4.69, 9.17) is 0 Å². The van der Waals surface area contributed by atoms with Crippen molar-refractivity contribution in [2.24, 2.45) is 0 Å². The lowest BCUT2D eigenvalue weighted by molar-refractivity contribution is 0.155. The van der Waals surface area contributed by atoms with Crippen molar-refractivity contribution < 1.29 is 5.11 Å². The summed E-state index contributed by atoms with van der Waals surface area (Å²) in [6.45, 7) is 1.14. The fourth-order valence-electron chi connectivity index (χ4n) is 3.81. The van der Waals surface area contributed by atoms with Gasteiger partial charge in [0.15, 0.2) is 0 Å². The molecule has 0 saturated heterocycles. The van der Waals surface area contributed by atoms with Gasteiger partial charge in [0.25, 0.3) is 0 Å². The molecule has 1 saturated carbocycles. The molecule has 0 aliphatic heterocycles. The standard InChI is InChI=1S/C16H25NOS/c1-19-16(9-3-2-4-10-16)12-17-11-8-13-14(17)6-5-7-15(13)18/h8,11,15,18H,2-7,9-10,12H2,1H3. The molecule has 0 bridgehead atoms. The van der Waals surface area contributed by atoms with Crippen LogP contribution in [0.3, 0.4) is 0 Å². The van der Waals surface area contributed by atoms with Crippen LogP contribution in [0, 0.1) is 0 Å². The van der Waals surface area contributed by atoms with Crippen LogP contribution in [0.4, 0.5) is 0 Å². The maximum absolute atomic E-state index is 10.1. The summed E-state index contributed by atoms with van der Waals surface area (Å²) in [4.78, 5) is 0. The van der Waals surface area contributed by atoms with Gasteiger partial charge in [-0.05, 0) is 44.4 Å². The number of nitrogens with zero attached hydrogens (tertiary/aromatic N) is 1. The van der Waals surface area contributed by atoms with E-state index in [-0.39, 0.29) is 6.10 Å². The molecule has 1 heterocycles. The van der Waals surface area contributed by atoms with Crippen LogP contribution >= 0.6 is 11.8 Å². The number of fused-ring (bicyclic) bond motifs is 1. The Morgan fingerprint density at radius 1 is 1.32 bits per heavy atom. The summed E-state index contributed by atoms with van der Waals surface area (Å²) >= 11 is 2.06. The molecule has 2 aliphatic carbocycles. The highest BCUT2D eigenvalue weighted by Gasteiger charge is 2.33. The average Bonchev–Trinajstić information content (AvgIpc) is 2.84. The first-order chi connectivity index (χ1) is 9.24. The number of aliphatic hydroxyl groups excluding tert-OH is 1. The van der Waals surface area contributed by atoms with Gasteiger partial charge in [-0.1, -0.05) is 19.3 Å². The quantitative estimate of drug-likeness (QED) is 0.907. The van der Waals surface area contributed by atoms with Gasteiger partial charge in [-0.2, -0.15) is 11.8 Å². The summed E-state index contributed by atoms with van der Waals surface area (Å²) in [5.74, 6) is 0. The van der Waals surface area contributed by atoms with E-state index in [9.17, 15) is 5.11 Å². The topological polar surface area (TPSA) is 25.2 Å². The van der Waals surface area contributed by atoms with E-state index >= 15 is 0 Å². The zero-order valence-corrected chi connectivity index (χ0v) is 12.7. The second-order valence-electron chi connectivity index (χ2n) is 6.20. The second kappa shape index (κ2) is 5.53. The highest BCUT2D eigenvalue weighted by atomic mass is 32.2. The maximum Gasteiger partial charge on any atom is 0.0807 e. The van der Waals surface area contributed by atoms with Crippen LogP contribution < -0.4 is 0 Å². The lowest BCUT2D eigenvalue weighted by Crippen LogP contribution is -2.33. The average molecular weight is 279 g/mol. The molecule has 2 nitrogen and oxygen atoms in total. The second-order valence-corrected chi connectivity index (χ2v) is 7.48. The van der Waals surface area contributed by atoms with Crippen LogP contribution in [0.5, 0.6) is 0 Å². The third kappa shape index (κ3) is 2.59. The maximum atomic E-state index is 10.1. The van der Waals surface area contributed by atoms with E-state index in [0.717, 1.165) is 25.8 Å². The largest absolute Gasteiger partial charge is 0.388 e. The minimum atomic E-state index is -0.221. The highest BCUT2D eigenvalue weighted by Crippen LogP contribution is 2.41. The molecule has 1 atom stereocenters. The Balaban J connectivity index is 1.83. The van der Waals surface area contributed by atoms with Gasteiger partial charge in [0.1, 0.15) is 0 Å². The van der Waals surface area contributed by atoms with Crippen molar-refractivity contribution in [2.75, 3.05) is 6.26 Å². The Morgan fingerprint density at radius 3 is 2.84 bits per heavy atom. The first-order valence-corrected chi connectivity index (χ1v) is 8.88. The summed E-state index contributed by atoms with van der Waals surface area (Å²) in [7, 11) is 0. The lowest BCUT2D eigenvalue weighted by atomic mass is 9.88. The summed E-state index contributed by atoms with van der Waals surface area (Å²) in [5, 5.41) is 10.1. The van der Waals surface area contributed by atoms with Gasteiger partial charge in [0.05, 0.1) is 6.10 Å². The summed E-state index contributed by atoms with van der Waals surface area (Å²) in [6.07, 6.45) is 14.3. The molecule has 106 valence electrons. The van der Waals surface area contributed by atoms with Gasteiger partial charge in [-0.25, -0.2) is 0 Å². The molecule has 3 rings (SSSR count). The minimum absolute atomic E-state index is 0.221. The number of hydrogen-bond acceptors (Lipinski definition) is 2. The third-order valence-corrected chi connectivity index (χ3v) is 6.42. The molecule has 0 aromatic carbocycles. The predicted octanol–water partition coefficient (Wildman–Crippen LogP) is 3.92. The van der Waals surface area contributed by atoms with Crippen LogP contribution in [-0.2, 0) is 13.0 Å². The van der Waals surface area contributed by atoms with Gasteiger partial charge in [0, 0.05) is 28.7 Å². The molecular formula is C16H25NOS. The van der Waals surface area contributed by atoms with Crippen LogP contribution in [0.2, 0.25) is 0 Å². The van der Waals surface area contributed by atoms with E-state index in [1.165, 1.54) is 43.4 Å². The molecule has 2 aliphatic rings. The zero-order valence-electron chi connectivity index (χ0n) is 11.9. The molecule has 3 heteroatoms. The summed E-state index contributed by atoms with van der Waals surface area (Å²) < 4.78 is 2.88. The Bertz CT molecular complexity index is 434. The molecule has 0 spiro atoms. The summed E-state index contributed by atoms with van der Waals surface area (Å²) in [6, 6.07) is 2.15. The lowest BCUT2D eigenvalue weighted by Gasteiger charge is -2.37. The van der Waals surface area contributed by atoms with E-state index < -0.39 is 0 Å². The van der Waals surface area contributed by atoms with Gasteiger partial charge in [-0.15, -0.1) is 0 Å². The van der Waals surface area contributed by atoms with Gasteiger partial charge >= 0.3 is 0 Å². The third-order valence-electron chi connectivity index (χ3n) is 5.02. The van der Waals surface area contributed by atoms with Crippen molar-refractivity contribution >= 4 is 11.8 Å². The fraction of sp³-hybridized carbons (Fsp3) is 0.750. The molecule has 0 amide bonds. The van der Waals surface area contributed by atoms with Crippen molar-refractivity contribution in [3.8, 4) is 0 Å². The predicted molar refractivity (Wildman–Crippen MR) is 81.7 cm³/mol. The van der Waals surface area contributed by atoms with Crippen molar-refractivity contribution in [3.63, 3.8) is 0 Å². The van der Waals surface area contributed by atoms with Crippen molar-refractivity contribution in [3.05, 3.63) is 23.5 Å². The Labute approximate surface area is 120 Å². The number of rotatable bonds is 3. The minimum Gasteiger partial charge on any atom is -0.388 e. The smallest absolute Gasteiger partial charge is 0.0807 e. The molecule has 1 aromatic rings. The zero-order chi connectivity index (χ0) is 13.3. The molecule has 19 heavy (non-hydrogen) atoms. The van der Waals surface area contributed by atoms with E-state index in [1.807, 2.05) is 0 Å². The normalized spacial score (nSPS) is 26.1. The first-order valence-electron chi connectivity index (χ1n) is 7.65. The van der Waals surface area contributed by atoms with Crippen LogP contribution in [0.1, 0.15) is 62.3 Å².